The maximum absolute atomic E-state index is 12.4. The number of fused-ring (bicyclic) bond motifs is 2. The average Bonchev–Trinajstić information content (AvgIpc) is 3.04. The number of aromatic nitrogens is 2. The molecule has 1 aromatic rings. The molecule has 2 fully saturated rings. The third-order valence-corrected chi connectivity index (χ3v) is 4.69. The summed E-state index contributed by atoms with van der Waals surface area (Å²) in [5.74, 6) is 1.25. The van der Waals surface area contributed by atoms with Gasteiger partial charge >= 0.3 is 0 Å². The Balaban J connectivity index is 0.00000110. The van der Waals surface area contributed by atoms with Crippen molar-refractivity contribution in [3.8, 4) is 0 Å². The Morgan fingerprint density at radius 1 is 1.43 bits per heavy atom. The van der Waals surface area contributed by atoms with Gasteiger partial charge in [0, 0.05) is 24.5 Å². The average molecular weight is 335 g/mol. The fourth-order valence-electron chi connectivity index (χ4n) is 3.80. The highest BCUT2D eigenvalue weighted by atomic mass is 35.5. The Labute approximate surface area is 137 Å². The Hall–Kier alpha value is -0.780. The van der Waals surface area contributed by atoms with E-state index >= 15 is 0 Å². The van der Waals surface area contributed by atoms with Crippen LogP contribution in [-0.4, -0.2) is 27.8 Å². The Morgan fingerprint density at radius 2 is 2.14 bits per heavy atom. The Morgan fingerprint density at radius 3 is 2.71 bits per heavy atom. The zero-order valence-corrected chi connectivity index (χ0v) is 13.8. The van der Waals surface area contributed by atoms with Crippen molar-refractivity contribution in [1.82, 2.24) is 15.1 Å². The number of halogens is 2. The van der Waals surface area contributed by atoms with Crippen LogP contribution < -0.4 is 11.1 Å². The minimum atomic E-state index is 0. The van der Waals surface area contributed by atoms with E-state index in [1.165, 1.54) is 12.8 Å². The molecule has 0 radical (unpaired) electrons. The molecule has 2 bridgehead atoms. The first-order valence-electron chi connectivity index (χ1n) is 7.18. The number of hydrogen-bond acceptors (Lipinski definition) is 3. The Bertz CT molecular complexity index is 452. The monoisotopic (exact) mass is 334 g/mol. The number of carbonyl (C=O) groups is 1. The summed E-state index contributed by atoms with van der Waals surface area (Å²) in [6.07, 6.45) is 7.18. The molecule has 5 atom stereocenters. The van der Waals surface area contributed by atoms with Crippen LogP contribution in [0.2, 0.25) is 0 Å². The maximum Gasteiger partial charge on any atom is 0.225 e. The fourth-order valence-corrected chi connectivity index (χ4v) is 3.80. The van der Waals surface area contributed by atoms with E-state index in [9.17, 15) is 4.79 Å². The smallest absolute Gasteiger partial charge is 0.225 e. The highest BCUT2D eigenvalue weighted by molar-refractivity contribution is 5.85. The summed E-state index contributed by atoms with van der Waals surface area (Å²) in [5, 5.41) is 7.25. The number of nitrogens with two attached hydrogens (primary N) is 1. The van der Waals surface area contributed by atoms with Crippen LogP contribution in [0.25, 0.3) is 0 Å². The van der Waals surface area contributed by atoms with Crippen LogP contribution >= 0.6 is 24.8 Å². The van der Waals surface area contributed by atoms with E-state index in [1.54, 1.807) is 6.20 Å². The van der Waals surface area contributed by atoms with E-state index in [1.807, 2.05) is 23.9 Å². The molecule has 2 aliphatic rings. The third kappa shape index (κ3) is 3.71. The van der Waals surface area contributed by atoms with Crippen molar-refractivity contribution in [1.29, 1.82) is 0 Å². The summed E-state index contributed by atoms with van der Waals surface area (Å²) < 4.78 is 1.84. The molecule has 120 valence electrons. The van der Waals surface area contributed by atoms with Gasteiger partial charge in [-0.2, -0.15) is 5.10 Å². The molecule has 1 heterocycles. The third-order valence-electron chi connectivity index (χ3n) is 4.69. The molecule has 2 saturated carbocycles. The van der Waals surface area contributed by atoms with Gasteiger partial charge in [0.05, 0.1) is 12.5 Å². The van der Waals surface area contributed by atoms with E-state index in [-0.39, 0.29) is 48.7 Å². The summed E-state index contributed by atoms with van der Waals surface area (Å²) in [6.45, 7) is 2.72. The van der Waals surface area contributed by atoms with Crippen molar-refractivity contribution in [2.45, 2.75) is 44.8 Å². The summed E-state index contributed by atoms with van der Waals surface area (Å²) in [4.78, 5) is 12.4. The van der Waals surface area contributed by atoms with Crippen molar-refractivity contribution < 1.29 is 4.79 Å². The van der Waals surface area contributed by atoms with Gasteiger partial charge in [-0.05, 0) is 44.1 Å². The van der Waals surface area contributed by atoms with Gasteiger partial charge < -0.3 is 11.1 Å². The van der Waals surface area contributed by atoms with Gasteiger partial charge in [0.25, 0.3) is 0 Å². The first-order chi connectivity index (χ1) is 9.15. The van der Waals surface area contributed by atoms with E-state index in [2.05, 4.69) is 10.4 Å². The number of nitrogens with zero attached hydrogens (tertiary/aromatic N) is 2. The number of rotatable bonds is 4. The van der Waals surface area contributed by atoms with E-state index in [0.717, 1.165) is 6.42 Å². The van der Waals surface area contributed by atoms with Gasteiger partial charge in [-0.3, -0.25) is 9.48 Å². The summed E-state index contributed by atoms with van der Waals surface area (Å²) >= 11 is 0. The highest BCUT2D eigenvalue weighted by Gasteiger charge is 2.49. The first-order valence-corrected chi connectivity index (χ1v) is 7.18. The molecular formula is C14H24Cl2N4O. The van der Waals surface area contributed by atoms with Crippen LogP contribution in [0.1, 0.15) is 26.2 Å². The quantitative estimate of drug-likeness (QED) is 0.878. The van der Waals surface area contributed by atoms with Crippen LogP contribution in [0.4, 0.5) is 0 Å². The number of carbonyl (C=O) groups excluding carboxylic acids is 1. The zero-order chi connectivity index (χ0) is 13.4. The molecule has 1 aromatic heterocycles. The molecule has 5 unspecified atom stereocenters. The van der Waals surface area contributed by atoms with Crippen LogP contribution in [0.5, 0.6) is 0 Å². The minimum Gasteiger partial charge on any atom is -0.351 e. The maximum atomic E-state index is 12.4. The van der Waals surface area contributed by atoms with Gasteiger partial charge in [-0.1, -0.05) is 0 Å². The van der Waals surface area contributed by atoms with Crippen LogP contribution in [0.15, 0.2) is 18.5 Å². The van der Waals surface area contributed by atoms with Crippen LogP contribution in [0, 0.1) is 17.8 Å². The lowest BCUT2D eigenvalue weighted by molar-refractivity contribution is -0.127. The second kappa shape index (κ2) is 7.47. The molecule has 3 N–H and O–H groups in total. The molecule has 1 amide bonds. The van der Waals surface area contributed by atoms with Crippen molar-refractivity contribution in [2.24, 2.45) is 23.5 Å². The van der Waals surface area contributed by atoms with E-state index in [0.29, 0.717) is 18.4 Å². The summed E-state index contributed by atoms with van der Waals surface area (Å²) in [7, 11) is 0. The fraction of sp³-hybridized carbons (Fsp3) is 0.714. The van der Waals surface area contributed by atoms with Gasteiger partial charge in [-0.25, -0.2) is 0 Å². The lowest BCUT2D eigenvalue weighted by atomic mass is 9.84. The van der Waals surface area contributed by atoms with Crippen molar-refractivity contribution in [3.63, 3.8) is 0 Å². The normalized spacial score (nSPS) is 31.1. The van der Waals surface area contributed by atoms with Gasteiger partial charge in [0.2, 0.25) is 5.91 Å². The number of nitrogens with one attached hydrogen (secondary N) is 1. The minimum absolute atomic E-state index is 0. The Kier molecular flexibility index (Phi) is 6.50. The van der Waals surface area contributed by atoms with E-state index < -0.39 is 0 Å². The molecule has 0 saturated heterocycles. The molecule has 0 aliphatic heterocycles. The zero-order valence-electron chi connectivity index (χ0n) is 12.1. The predicted molar refractivity (Wildman–Crippen MR) is 86.6 cm³/mol. The highest BCUT2D eigenvalue weighted by Crippen LogP contribution is 2.47. The lowest BCUT2D eigenvalue weighted by Crippen LogP contribution is -2.48. The summed E-state index contributed by atoms with van der Waals surface area (Å²) in [5.41, 5.74) is 6.20. The van der Waals surface area contributed by atoms with Gasteiger partial charge in [-0.15, -0.1) is 24.8 Å². The second-order valence-corrected chi connectivity index (χ2v) is 6.07. The van der Waals surface area contributed by atoms with Crippen molar-refractivity contribution >= 4 is 30.7 Å². The number of hydrogen-bond donors (Lipinski definition) is 2. The predicted octanol–water partition coefficient (Wildman–Crippen LogP) is 1.60. The second-order valence-electron chi connectivity index (χ2n) is 6.07. The molecule has 0 spiro atoms. The lowest BCUT2D eigenvalue weighted by Gasteiger charge is -2.28. The van der Waals surface area contributed by atoms with Gasteiger partial charge in [0.15, 0.2) is 0 Å². The standard InChI is InChI=1S/C14H22N4O.2ClH/c1-9(8-18-6-2-5-16-18)17-14(19)12-10-3-4-11(7-10)13(12)15;;/h2,5-6,9-13H,3-4,7-8,15H2,1H3,(H,17,19);2*1H. The number of amides is 1. The largest absolute Gasteiger partial charge is 0.351 e. The molecule has 0 aromatic carbocycles. The van der Waals surface area contributed by atoms with E-state index in [4.69, 9.17) is 5.73 Å². The van der Waals surface area contributed by atoms with Crippen molar-refractivity contribution in [2.75, 3.05) is 0 Å². The first kappa shape index (κ1) is 18.3. The van der Waals surface area contributed by atoms with Crippen LogP contribution in [-0.2, 0) is 11.3 Å². The van der Waals surface area contributed by atoms with Crippen LogP contribution in [0.3, 0.4) is 0 Å². The van der Waals surface area contributed by atoms with Gasteiger partial charge in [0.1, 0.15) is 0 Å². The molecule has 5 nitrogen and oxygen atoms in total. The molecular weight excluding hydrogens is 311 g/mol. The SMILES string of the molecule is CC(Cn1cccn1)NC(=O)C1C2CCC(C2)C1N.Cl.Cl. The molecule has 7 heteroatoms. The molecule has 2 aliphatic carbocycles. The molecule has 3 rings (SSSR count). The molecule has 21 heavy (non-hydrogen) atoms. The van der Waals surface area contributed by atoms with Crippen molar-refractivity contribution in [3.05, 3.63) is 18.5 Å². The summed E-state index contributed by atoms with van der Waals surface area (Å²) in [6, 6.07) is 2.04. The topological polar surface area (TPSA) is 72.9 Å².